The normalized spacial score (nSPS) is 22.2. The lowest BCUT2D eigenvalue weighted by Crippen LogP contribution is -2.48. The first-order valence-corrected chi connectivity index (χ1v) is 11.2. The summed E-state index contributed by atoms with van der Waals surface area (Å²) in [4.78, 5) is 2.27. The lowest BCUT2D eigenvalue weighted by molar-refractivity contribution is 0.0850. The Morgan fingerprint density at radius 3 is 2.61 bits per heavy atom. The Hall–Kier alpha value is -1.51. The van der Waals surface area contributed by atoms with Gasteiger partial charge in [-0.3, -0.25) is 0 Å². The number of nitrogens with zero attached hydrogens (tertiary/aromatic N) is 2. The Labute approximate surface area is 142 Å². The van der Waals surface area contributed by atoms with Gasteiger partial charge in [-0.05, 0) is 55.5 Å². The predicted octanol–water partition coefficient (Wildman–Crippen LogP) is 3.73. The van der Waals surface area contributed by atoms with Gasteiger partial charge in [-0.25, -0.2) is 0 Å². The highest BCUT2D eigenvalue weighted by molar-refractivity contribution is 6.48. The highest BCUT2D eigenvalue weighted by atomic mass is 28.3. The van der Waals surface area contributed by atoms with Crippen LogP contribution in [-0.2, 0) is 4.43 Å². The number of benzene rings is 1. The van der Waals surface area contributed by atoms with Crippen LogP contribution in [0.15, 0.2) is 18.2 Å². The maximum atomic E-state index is 9.46. The van der Waals surface area contributed by atoms with Crippen molar-refractivity contribution in [2.75, 3.05) is 17.2 Å². The van der Waals surface area contributed by atoms with Crippen molar-refractivity contribution in [3.05, 3.63) is 23.8 Å². The van der Waals surface area contributed by atoms with E-state index in [1.807, 2.05) is 12.1 Å². The maximum Gasteiger partial charge on any atom is 0.173 e. The Balaban J connectivity index is 2.32. The van der Waals surface area contributed by atoms with Gasteiger partial charge in [0, 0.05) is 12.2 Å². The highest BCUT2D eigenvalue weighted by Crippen LogP contribution is 2.39. The molecule has 0 spiro atoms. The molecule has 23 heavy (non-hydrogen) atoms. The molecular weight excluding hydrogens is 302 g/mol. The minimum atomic E-state index is -1.17. The van der Waals surface area contributed by atoms with Gasteiger partial charge in [0.1, 0.15) is 12.3 Å². The number of nitrogen functional groups attached to an aromatic ring is 1. The molecule has 1 aliphatic rings. The topological polar surface area (TPSA) is 62.3 Å². The van der Waals surface area contributed by atoms with Crippen LogP contribution in [0.1, 0.15) is 39.2 Å². The summed E-state index contributed by atoms with van der Waals surface area (Å²) in [6, 6.07) is 7.87. The summed E-state index contributed by atoms with van der Waals surface area (Å²) >= 11 is 0. The van der Waals surface area contributed by atoms with Crippen LogP contribution in [0.2, 0.25) is 13.1 Å². The fourth-order valence-electron chi connectivity index (χ4n) is 3.33. The van der Waals surface area contributed by atoms with E-state index >= 15 is 0 Å². The smallest absolute Gasteiger partial charge is 0.173 e. The second-order valence-electron chi connectivity index (χ2n) is 7.81. The monoisotopic (exact) mass is 331 g/mol. The fourth-order valence-corrected chi connectivity index (χ4v) is 4.21. The average molecular weight is 332 g/mol. The summed E-state index contributed by atoms with van der Waals surface area (Å²) in [6.07, 6.45) is 2.21. The molecular formula is C18H29N3OSi. The van der Waals surface area contributed by atoms with E-state index in [1.54, 1.807) is 6.07 Å². The van der Waals surface area contributed by atoms with Crippen LogP contribution in [0.5, 0.6) is 0 Å². The molecule has 1 aliphatic heterocycles. The summed E-state index contributed by atoms with van der Waals surface area (Å²) in [7, 11) is -1.17. The summed E-state index contributed by atoms with van der Waals surface area (Å²) in [5, 5.41) is 9.46. The van der Waals surface area contributed by atoms with E-state index in [2.05, 4.69) is 44.8 Å². The molecule has 5 heteroatoms. The molecule has 1 aromatic rings. The zero-order valence-electron chi connectivity index (χ0n) is 15.0. The molecule has 0 bridgehead atoms. The summed E-state index contributed by atoms with van der Waals surface area (Å²) in [5.41, 5.74) is 8.34. The van der Waals surface area contributed by atoms with Gasteiger partial charge in [-0.1, -0.05) is 20.8 Å². The second kappa shape index (κ2) is 6.94. The van der Waals surface area contributed by atoms with Crippen molar-refractivity contribution >= 4 is 20.4 Å². The minimum absolute atomic E-state index is 0.0652. The maximum absolute atomic E-state index is 9.46. The zero-order valence-corrected chi connectivity index (χ0v) is 16.1. The van der Waals surface area contributed by atoms with Gasteiger partial charge in [0.05, 0.1) is 11.3 Å². The lowest BCUT2D eigenvalue weighted by Gasteiger charge is -2.45. The van der Waals surface area contributed by atoms with Crippen LogP contribution in [0.3, 0.4) is 0 Å². The standard InChI is InChI=1S/C18H29N3OSi/c1-18(2,3)14-8-9-21(17(11-14)22-23(4)5)16-7-6-15(20)10-13(16)12-19/h6-7,10,14,17,23H,8-9,11,20H2,1-5H3. The minimum Gasteiger partial charge on any atom is -0.401 e. The molecule has 2 rings (SSSR count). The molecule has 2 N–H and O–H groups in total. The van der Waals surface area contributed by atoms with Crippen LogP contribution in [0, 0.1) is 22.7 Å². The van der Waals surface area contributed by atoms with Crippen LogP contribution in [-0.4, -0.2) is 21.8 Å². The first-order valence-electron chi connectivity index (χ1n) is 8.44. The predicted molar refractivity (Wildman–Crippen MR) is 98.8 cm³/mol. The van der Waals surface area contributed by atoms with Crippen molar-refractivity contribution in [3.63, 3.8) is 0 Å². The Morgan fingerprint density at radius 2 is 2.04 bits per heavy atom. The van der Waals surface area contributed by atoms with E-state index in [0.29, 0.717) is 17.2 Å². The van der Waals surface area contributed by atoms with Crippen molar-refractivity contribution in [1.82, 2.24) is 0 Å². The Morgan fingerprint density at radius 1 is 1.35 bits per heavy atom. The second-order valence-corrected chi connectivity index (χ2v) is 10.2. The molecule has 0 amide bonds. The quantitative estimate of drug-likeness (QED) is 0.677. The molecule has 0 saturated carbocycles. The van der Waals surface area contributed by atoms with Crippen LogP contribution >= 0.6 is 0 Å². The third-order valence-corrected chi connectivity index (χ3v) is 5.52. The van der Waals surface area contributed by atoms with E-state index < -0.39 is 9.04 Å². The first kappa shape index (κ1) is 17.8. The van der Waals surface area contributed by atoms with Crippen LogP contribution < -0.4 is 10.6 Å². The van der Waals surface area contributed by atoms with E-state index in [4.69, 9.17) is 10.2 Å². The molecule has 1 aromatic carbocycles. The van der Waals surface area contributed by atoms with Crippen molar-refractivity contribution < 1.29 is 4.43 Å². The molecule has 126 valence electrons. The molecule has 2 atom stereocenters. The summed E-state index contributed by atoms with van der Waals surface area (Å²) < 4.78 is 6.34. The van der Waals surface area contributed by atoms with Crippen LogP contribution in [0.4, 0.5) is 11.4 Å². The number of hydrogen-bond acceptors (Lipinski definition) is 4. The van der Waals surface area contributed by atoms with E-state index in [1.165, 1.54) is 0 Å². The highest BCUT2D eigenvalue weighted by Gasteiger charge is 2.36. The summed E-state index contributed by atoms with van der Waals surface area (Å²) in [5.74, 6) is 0.635. The van der Waals surface area contributed by atoms with Gasteiger partial charge in [0.15, 0.2) is 9.04 Å². The molecule has 0 aliphatic carbocycles. The third kappa shape index (κ3) is 4.27. The van der Waals surface area contributed by atoms with Gasteiger partial charge in [-0.15, -0.1) is 0 Å². The average Bonchev–Trinajstić information content (AvgIpc) is 2.46. The Bertz CT molecular complexity index is 589. The largest absolute Gasteiger partial charge is 0.401 e. The number of nitriles is 1. The van der Waals surface area contributed by atoms with Gasteiger partial charge < -0.3 is 15.1 Å². The van der Waals surface area contributed by atoms with Crippen LogP contribution in [0.25, 0.3) is 0 Å². The van der Waals surface area contributed by atoms with Gasteiger partial charge >= 0.3 is 0 Å². The zero-order chi connectivity index (χ0) is 17.2. The van der Waals surface area contributed by atoms with Gasteiger partial charge in [0.25, 0.3) is 0 Å². The molecule has 1 heterocycles. The number of rotatable bonds is 3. The fraction of sp³-hybridized carbons (Fsp3) is 0.611. The van der Waals surface area contributed by atoms with Crippen molar-refractivity contribution in [3.8, 4) is 6.07 Å². The number of hydrogen-bond donors (Lipinski definition) is 1. The molecule has 0 radical (unpaired) electrons. The number of anilines is 2. The molecule has 1 fully saturated rings. The number of piperidine rings is 1. The van der Waals surface area contributed by atoms with E-state index in [9.17, 15) is 5.26 Å². The summed E-state index contributed by atoms with van der Waals surface area (Å²) in [6.45, 7) is 12.2. The van der Waals surface area contributed by atoms with Crippen molar-refractivity contribution in [2.45, 2.75) is 52.9 Å². The molecule has 0 aromatic heterocycles. The molecule has 4 nitrogen and oxygen atoms in total. The van der Waals surface area contributed by atoms with Crippen molar-refractivity contribution in [2.24, 2.45) is 11.3 Å². The molecule has 2 unspecified atom stereocenters. The van der Waals surface area contributed by atoms with E-state index in [0.717, 1.165) is 25.1 Å². The lowest BCUT2D eigenvalue weighted by atomic mass is 9.74. The van der Waals surface area contributed by atoms with Crippen molar-refractivity contribution in [1.29, 1.82) is 5.26 Å². The molecule has 1 saturated heterocycles. The first-order chi connectivity index (χ1) is 10.7. The number of nitrogens with two attached hydrogens (primary N) is 1. The van der Waals surface area contributed by atoms with E-state index in [-0.39, 0.29) is 11.6 Å². The third-order valence-electron chi connectivity index (χ3n) is 4.66. The Kier molecular flexibility index (Phi) is 5.38. The SMILES string of the molecule is C[SiH](C)OC1CC(C(C)(C)C)CCN1c1ccc(N)cc1C#N. The van der Waals surface area contributed by atoms with Gasteiger partial charge in [-0.2, -0.15) is 5.26 Å². The van der Waals surface area contributed by atoms with Gasteiger partial charge in [0.2, 0.25) is 0 Å².